The summed E-state index contributed by atoms with van der Waals surface area (Å²) in [6, 6.07) is 15.3. The van der Waals surface area contributed by atoms with Crippen molar-refractivity contribution >= 4 is 44.1 Å². The molecule has 6 rings (SSSR count). The van der Waals surface area contributed by atoms with E-state index in [0.717, 1.165) is 22.4 Å². The molecule has 4 aromatic rings. The first-order valence-electron chi connectivity index (χ1n) is 15.7. The highest BCUT2D eigenvalue weighted by molar-refractivity contribution is 7.22. The summed E-state index contributed by atoms with van der Waals surface area (Å²) >= 11 is 1.28. The van der Waals surface area contributed by atoms with Gasteiger partial charge < -0.3 is 24.1 Å². The van der Waals surface area contributed by atoms with Crippen LogP contribution in [0.5, 0.6) is 23.0 Å². The number of carbonyl (C=O) groups excluding carboxylic acids is 2. The van der Waals surface area contributed by atoms with Crippen LogP contribution in [0.3, 0.4) is 0 Å². The standard InChI is InChI=1S/C36H38N2O7S/c1-6-42-25-10-11-26-30(19-25)46-36(37-26)38-32(22-8-13-28(29(18-22)43-7-2)44-15-14-20(3)4)31(34(40)35(38)41)33(39)23-9-12-27-24(17-23)16-21(5)45-27/h8-13,17-21,32,39H,6-7,14-16H2,1-5H3/b33-31+/t21-,32+/m0/s1. The van der Waals surface area contributed by atoms with Gasteiger partial charge in [0, 0.05) is 12.0 Å². The minimum atomic E-state index is -0.973. The topological polar surface area (TPSA) is 107 Å². The molecule has 2 atom stereocenters. The number of rotatable bonds is 11. The van der Waals surface area contributed by atoms with Crippen molar-refractivity contribution in [2.45, 2.75) is 59.6 Å². The second-order valence-electron chi connectivity index (χ2n) is 11.9. The summed E-state index contributed by atoms with van der Waals surface area (Å²) in [7, 11) is 0. The van der Waals surface area contributed by atoms with Crippen LogP contribution < -0.4 is 23.8 Å². The molecule has 0 unspecified atom stereocenters. The molecule has 240 valence electrons. The maximum atomic E-state index is 13.9. The zero-order valence-corrected chi connectivity index (χ0v) is 27.5. The molecular weight excluding hydrogens is 604 g/mol. The van der Waals surface area contributed by atoms with E-state index < -0.39 is 17.7 Å². The molecule has 1 aromatic heterocycles. The molecule has 1 fully saturated rings. The van der Waals surface area contributed by atoms with Crippen molar-refractivity contribution in [1.29, 1.82) is 0 Å². The molecule has 2 aliphatic rings. The van der Waals surface area contributed by atoms with E-state index in [1.807, 2.05) is 51.1 Å². The van der Waals surface area contributed by atoms with Crippen LogP contribution in [0.4, 0.5) is 5.13 Å². The van der Waals surface area contributed by atoms with Gasteiger partial charge in [0.05, 0.1) is 41.7 Å². The number of aliphatic hydroxyl groups excluding tert-OH is 1. The van der Waals surface area contributed by atoms with Gasteiger partial charge in [-0.1, -0.05) is 31.3 Å². The lowest BCUT2D eigenvalue weighted by atomic mass is 9.94. The van der Waals surface area contributed by atoms with Gasteiger partial charge >= 0.3 is 5.91 Å². The molecule has 0 spiro atoms. The van der Waals surface area contributed by atoms with E-state index in [0.29, 0.717) is 71.2 Å². The number of anilines is 1. The zero-order chi connectivity index (χ0) is 32.5. The number of Topliss-reactive ketones (excluding diaryl/α,β-unsaturated/α-hetero) is 1. The van der Waals surface area contributed by atoms with Crippen molar-refractivity contribution < 1.29 is 33.6 Å². The van der Waals surface area contributed by atoms with Gasteiger partial charge in [0.25, 0.3) is 5.78 Å². The first-order chi connectivity index (χ1) is 22.2. The Labute approximate surface area is 272 Å². The lowest BCUT2D eigenvalue weighted by Crippen LogP contribution is -2.29. The molecule has 3 aromatic carbocycles. The van der Waals surface area contributed by atoms with E-state index in [-0.39, 0.29) is 17.4 Å². The Hall–Kier alpha value is -4.57. The van der Waals surface area contributed by atoms with Gasteiger partial charge in [0.2, 0.25) is 0 Å². The van der Waals surface area contributed by atoms with Gasteiger partial charge in [0.1, 0.15) is 23.4 Å². The Morgan fingerprint density at radius 3 is 2.59 bits per heavy atom. The lowest BCUT2D eigenvalue weighted by Gasteiger charge is -2.24. The normalized spacial score (nSPS) is 18.7. The van der Waals surface area contributed by atoms with E-state index >= 15 is 0 Å². The van der Waals surface area contributed by atoms with Crippen LogP contribution in [-0.2, 0) is 16.0 Å². The van der Waals surface area contributed by atoms with Crippen LogP contribution in [0.1, 0.15) is 63.8 Å². The maximum Gasteiger partial charge on any atom is 0.301 e. The van der Waals surface area contributed by atoms with Crippen LogP contribution in [-0.4, -0.2) is 47.7 Å². The highest BCUT2D eigenvalue weighted by Gasteiger charge is 2.48. The maximum absolute atomic E-state index is 13.9. The van der Waals surface area contributed by atoms with E-state index in [2.05, 4.69) is 13.8 Å². The molecule has 1 saturated heterocycles. The summed E-state index contributed by atoms with van der Waals surface area (Å²) in [6.07, 6.45) is 1.57. The number of hydrogen-bond donors (Lipinski definition) is 1. The third kappa shape index (κ3) is 6.01. The Morgan fingerprint density at radius 2 is 1.83 bits per heavy atom. The first kappa shape index (κ1) is 31.4. The zero-order valence-electron chi connectivity index (χ0n) is 26.7. The van der Waals surface area contributed by atoms with Crippen LogP contribution in [0, 0.1) is 5.92 Å². The molecule has 10 heteroatoms. The average Bonchev–Trinajstić information content (AvgIpc) is 3.69. The van der Waals surface area contributed by atoms with Crippen LogP contribution in [0.25, 0.3) is 16.0 Å². The third-order valence-corrected chi connectivity index (χ3v) is 9.03. The summed E-state index contributed by atoms with van der Waals surface area (Å²) in [5, 5.41) is 12.1. The number of nitrogens with zero attached hydrogens (tertiary/aromatic N) is 2. The molecule has 9 nitrogen and oxygen atoms in total. The first-order valence-corrected chi connectivity index (χ1v) is 16.5. The van der Waals surface area contributed by atoms with E-state index in [4.69, 9.17) is 23.9 Å². The number of fused-ring (bicyclic) bond motifs is 2. The molecule has 0 saturated carbocycles. The Kier molecular flexibility index (Phi) is 8.90. The van der Waals surface area contributed by atoms with E-state index in [9.17, 15) is 14.7 Å². The van der Waals surface area contributed by atoms with Gasteiger partial charge in [0.15, 0.2) is 16.6 Å². The van der Waals surface area contributed by atoms with Crippen molar-refractivity contribution in [3.63, 3.8) is 0 Å². The van der Waals surface area contributed by atoms with Crippen molar-refractivity contribution in [2.24, 2.45) is 5.92 Å². The summed E-state index contributed by atoms with van der Waals surface area (Å²) < 4.78 is 24.4. The summed E-state index contributed by atoms with van der Waals surface area (Å²) in [5.74, 6) is 1.14. The Bertz CT molecular complexity index is 1830. The summed E-state index contributed by atoms with van der Waals surface area (Å²) in [4.78, 5) is 33.9. The Balaban J connectivity index is 1.49. The second kappa shape index (κ2) is 13.0. The van der Waals surface area contributed by atoms with Crippen molar-refractivity contribution in [3.8, 4) is 23.0 Å². The van der Waals surface area contributed by atoms with Crippen molar-refractivity contribution in [1.82, 2.24) is 4.98 Å². The second-order valence-corrected chi connectivity index (χ2v) is 12.9. The summed E-state index contributed by atoms with van der Waals surface area (Å²) in [6.45, 7) is 11.5. The van der Waals surface area contributed by atoms with E-state index in [1.165, 1.54) is 16.2 Å². The molecule has 1 amide bonds. The highest BCUT2D eigenvalue weighted by Crippen LogP contribution is 2.46. The van der Waals surface area contributed by atoms with Crippen LogP contribution in [0.2, 0.25) is 0 Å². The fourth-order valence-electron chi connectivity index (χ4n) is 5.81. The molecule has 46 heavy (non-hydrogen) atoms. The number of hydrogen-bond acceptors (Lipinski definition) is 9. The molecular formula is C36H38N2O7S. The minimum absolute atomic E-state index is 0.0125. The van der Waals surface area contributed by atoms with Gasteiger partial charge in [-0.15, -0.1) is 0 Å². The predicted octanol–water partition coefficient (Wildman–Crippen LogP) is 7.47. The summed E-state index contributed by atoms with van der Waals surface area (Å²) in [5.41, 5.74) is 2.58. The molecule has 0 bridgehead atoms. The molecule has 3 heterocycles. The number of aromatic nitrogens is 1. The Morgan fingerprint density at radius 1 is 1.02 bits per heavy atom. The number of ketones is 1. The molecule has 1 N–H and O–H groups in total. The number of thiazole rings is 1. The van der Waals surface area contributed by atoms with Crippen LogP contribution in [0.15, 0.2) is 60.2 Å². The quantitative estimate of drug-likeness (QED) is 0.102. The van der Waals surface area contributed by atoms with Crippen LogP contribution >= 0.6 is 11.3 Å². The largest absolute Gasteiger partial charge is 0.507 e. The average molecular weight is 643 g/mol. The fraction of sp³-hybridized carbons (Fsp3) is 0.361. The third-order valence-electron chi connectivity index (χ3n) is 8.02. The minimum Gasteiger partial charge on any atom is -0.507 e. The van der Waals surface area contributed by atoms with Crippen molar-refractivity contribution in [3.05, 3.63) is 76.9 Å². The lowest BCUT2D eigenvalue weighted by molar-refractivity contribution is -0.132. The highest BCUT2D eigenvalue weighted by atomic mass is 32.1. The molecule has 2 aliphatic heterocycles. The van der Waals surface area contributed by atoms with Gasteiger partial charge in [-0.3, -0.25) is 14.5 Å². The molecule has 0 radical (unpaired) electrons. The smallest absolute Gasteiger partial charge is 0.301 e. The van der Waals surface area contributed by atoms with Crippen molar-refractivity contribution in [2.75, 3.05) is 24.7 Å². The van der Waals surface area contributed by atoms with Gasteiger partial charge in [-0.25, -0.2) is 4.98 Å². The number of amides is 1. The number of ether oxygens (including phenoxy) is 4. The van der Waals surface area contributed by atoms with Gasteiger partial charge in [-0.2, -0.15) is 0 Å². The monoisotopic (exact) mass is 642 g/mol. The number of benzene rings is 3. The fourth-order valence-corrected chi connectivity index (χ4v) is 6.83. The van der Waals surface area contributed by atoms with E-state index in [1.54, 1.807) is 24.3 Å². The predicted molar refractivity (Wildman–Crippen MR) is 178 cm³/mol. The van der Waals surface area contributed by atoms with Gasteiger partial charge in [-0.05, 0) is 92.8 Å². The SMILES string of the molecule is CCOc1ccc2nc(N3C(=O)C(=O)/C(=C(/O)c4ccc5c(c4)C[C@H](C)O5)[C@H]3c3ccc(OCCC(C)C)c(OCC)c3)sc2c1. The number of aliphatic hydroxyl groups is 1. The number of carbonyl (C=O) groups is 2. The molecule has 0 aliphatic carbocycles.